The van der Waals surface area contributed by atoms with Gasteiger partial charge >= 0.3 is 6.18 Å². The quantitative estimate of drug-likeness (QED) is 0.667. The summed E-state index contributed by atoms with van der Waals surface area (Å²) in [6.07, 6.45) is -4.49. The van der Waals surface area contributed by atoms with E-state index in [1.807, 2.05) is 13.8 Å². The molecule has 0 spiro atoms. The van der Waals surface area contributed by atoms with Crippen molar-refractivity contribution in [2.45, 2.75) is 45.1 Å². The molecule has 0 N–H and O–H groups in total. The van der Waals surface area contributed by atoms with Crippen LogP contribution in [0.5, 0.6) is 0 Å². The van der Waals surface area contributed by atoms with Gasteiger partial charge in [-0.05, 0) is 30.4 Å². The maximum Gasteiger partial charge on any atom is 0.419 e. The maximum absolute atomic E-state index is 13.8. The zero-order chi connectivity index (χ0) is 15.1. The number of rotatable bonds is 2. The highest BCUT2D eigenvalue weighted by Crippen LogP contribution is 2.44. The molecule has 1 fully saturated rings. The monoisotopic (exact) mass is 310 g/mol. The number of ether oxygens (including phenoxy) is 1. The Bertz CT molecular complexity index is 499. The molecule has 0 radical (unpaired) electrons. The molecule has 0 saturated carbocycles. The van der Waals surface area contributed by atoms with E-state index in [0.29, 0.717) is 12.8 Å². The Balaban J connectivity index is 2.41. The Labute approximate surface area is 119 Å². The number of hydrogen-bond donors (Lipinski definition) is 0. The molecule has 2 rings (SSSR count). The van der Waals surface area contributed by atoms with Gasteiger partial charge in [0.05, 0.1) is 22.8 Å². The topological polar surface area (TPSA) is 9.23 Å². The molecule has 1 heterocycles. The highest BCUT2D eigenvalue weighted by Gasteiger charge is 2.41. The van der Waals surface area contributed by atoms with Crippen LogP contribution >= 0.6 is 11.6 Å². The van der Waals surface area contributed by atoms with Crippen molar-refractivity contribution in [1.29, 1.82) is 0 Å². The fraction of sp³-hybridized carbons (Fsp3) is 0.571. The minimum absolute atomic E-state index is 0.0974. The van der Waals surface area contributed by atoms with Gasteiger partial charge in [0.15, 0.2) is 5.82 Å². The number of hydrogen-bond acceptors (Lipinski definition) is 1. The van der Waals surface area contributed by atoms with Crippen LogP contribution in [0.1, 0.15) is 43.9 Å². The molecule has 1 aromatic carbocycles. The number of halogens is 5. The lowest BCUT2D eigenvalue weighted by atomic mass is 9.98. The third-order valence-corrected chi connectivity index (χ3v) is 3.85. The van der Waals surface area contributed by atoms with Gasteiger partial charge in [-0.1, -0.05) is 31.5 Å². The predicted octanol–water partition coefficient (Wildman–Crippen LogP) is 5.37. The zero-order valence-corrected chi connectivity index (χ0v) is 11.9. The highest BCUT2D eigenvalue weighted by atomic mass is 35.5. The summed E-state index contributed by atoms with van der Waals surface area (Å²) in [5.41, 5.74) is -1.47. The Kier molecular flexibility index (Phi) is 4.30. The van der Waals surface area contributed by atoms with Crippen LogP contribution in [0.2, 0.25) is 5.02 Å². The molecule has 0 unspecified atom stereocenters. The van der Waals surface area contributed by atoms with E-state index in [1.54, 1.807) is 0 Å². The molecule has 0 amide bonds. The Hall–Kier alpha value is -0.810. The van der Waals surface area contributed by atoms with Crippen LogP contribution in [0.3, 0.4) is 0 Å². The van der Waals surface area contributed by atoms with Crippen molar-refractivity contribution in [3.63, 3.8) is 0 Å². The summed E-state index contributed by atoms with van der Waals surface area (Å²) in [7, 11) is 0. The third kappa shape index (κ3) is 2.93. The van der Waals surface area contributed by atoms with Crippen LogP contribution in [0.25, 0.3) is 0 Å². The standard InChI is InChI=1S/C14H15ClF4O/c1-7(2)10-5-6-11(20-10)8-3-4-9(15)13(16)12(8)14(17,18)19/h3-4,7,10-11H,5-6H2,1-2H3/t10-,11+/m0/s1. The van der Waals surface area contributed by atoms with E-state index in [4.69, 9.17) is 16.3 Å². The summed E-state index contributed by atoms with van der Waals surface area (Å²) < 4.78 is 58.5. The first-order valence-electron chi connectivity index (χ1n) is 6.42. The Morgan fingerprint density at radius 2 is 1.90 bits per heavy atom. The minimum atomic E-state index is -4.79. The Morgan fingerprint density at radius 3 is 2.40 bits per heavy atom. The van der Waals surface area contributed by atoms with Gasteiger partial charge in [-0.25, -0.2) is 4.39 Å². The molecule has 0 aliphatic carbocycles. The molecule has 0 aromatic heterocycles. The molecule has 1 aromatic rings. The van der Waals surface area contributed by atoms with E-state index in [2.05, 4.69) is 0 Å². The molecule has 0 bridgehead atoms. The largest absolute Gasteiger partial charge is 0.419 e. The van der Waals surface area contributed by atoms with Crippen LogP contribution in [0.4, 0.5) is 17.6 Å². The molecule has 112 valence electrons. The lowest BCUT2D eigenvalue weighted by Crippen LogP contribution is -2.17. The van der Waals surface area contributed by atoms with Crippen LogP contribution in [-0.4, -0.2) is 6.10 Å². The third-order valence-electron chi connectivity index (χ3n) is 3.55. The summed E-state index contributed by atoms with van der Waals surface area (Å²) in [4.78, 5) is 0. The van der Waals surface area contributed by atoms with Gasteiger partial charge < -0.3 is 4.74 Å². The van der Waals surface area contributed by atoms with Gasteiger partial charge in [-0.2, -0.15) is 13.2 Å². The molecular formula is C14H15ClF4O. The molecule has 20 heavy (non-hydrogen) atoms. The summed E-state index contributed by atoms with van der Waals surface area (Å²) >= 11 is 5.46. The van der Waals surface area contributed by atoms with Crippen molar-refractivity contribution in [3.8, 4) is 0 Å². The normalized spacial score (nSPS) is 23.6. The van der Waals surface area contributed by atoms with Crippen molar-refractivity contribution in [1.82, 2.24) is 0 Å². The first-order valence-corrected chi connectivity index (χ1v) is 6.80. The molecule has 2 atom stereocenters. The van der Waals surface area contributed by atoms with Gasteiger partial charge in [-0.3, -0.25) is 0 Å². The highest BCUT2D eigenvalue weighted by molar-refractivity contribution is 6.30. The van der Waals surface area contributed by atoms with Crippen molar-refractivity contribution < 1.29 is 22.3 Å². The number of benzene rings is 1. The van der Waals surface area contributed by atoms with Crippen LogP contribution in [0.15, 0.2) is 12.1 Å². The van der Waals surface area contributed by atoms with Gasteiger partial charge in [0.1, 0.15) is 0 Å². The minimum Gasteiger partial charge on any atom is -0.370 e. The van der Waals surface area contributed by atoms with E-state index in [1.165, 1.54) is 6.07 Å². The van der Waals surface area contributed by atoms with Gasteiger partial charge in [0, 0.05) is 0 Å². The molecule has 1 nitrogen and oxygen atoms in total. The van der Waals surface area contributed by atoms with Crippen molar-refractivity contribution in [2.75, 3.05) is 0 Å². The summed E-state index contributed by atoms with van der Waals surface area (Å²) in [5, 5.41) is -0.528. The van der Waals surface area contributed by atoms with Gasteiger partial charge in [-0.15, -0.1) is 0 Å². The van der Waals surface area contributed by atoms with E-state index in [0.717, 1.165) is 6.07 Å². The number of alkyl halides is 3. The van der Waals surface area contributed by atoms with Gasteiger partial charge in [0.2, 0.25) is 0 Å². The first-order chi connectivity index (χ1) is 9.21. The van der Waals surface area contributed by atoms with E-state index >= 15 is 0 Å². The van der Waals surface area contributed by atoms with Crippen LogP contribution < -0.4 is 0 Å². The van der Waals surface area contributed by atoms with Crippen LogP contribution in [0, 0.1) is 11.7 Å². The van der Waals surface area contributed by atoms with Crippen molar-refractivity contribution >= 4 is 11.6 Å². The SMILES string of the molecule is CC(C)[C@@H]1CC[C@H](c2ccc(Cl)c(F)c2C(F)(F)F)O1. The summed E-state index contributed by atoms with van der Waals surface area (Å²) in [5.74, 6) is -1.21. The van der Waals surface area contributed by atoms with E-state index in [-0.39, 0.29) is 17.6 Å². The summed E-state index contributed by atoms with van der Waals surface area (Å²) in [6.45, 7) is 3.89. The second-order valence-electron chi connectivity index (χ2n) is 5.31. The molecule has 1 aliphatic heterocycles. The fourth-order valence-electron chi connectivity index (χ4n) is 2.50. The smallest absolute Gasteiger partial charge is 0.370 e. The molecule has 1 saturated heterocycles. The molecule has 1 aliphatic rings. The second kappa shape index (κ2) is 5.53. The van der Waals surface area contributed by atoms with Gasteiger partial charge in [0.25, 0.3) is 0 Å². The lowest BCUT2D eigenvalue weighted by molar-refractivity contribution is -0.142. The first kappa shape index (κ1) is 15.6. The molecule has 6 heteroatoms. The molecular weight excluding hydrogens is 296 g/mol. The van der Waals surface area contributed by atoms with Crippen molar-refractivity contribution in [3.05, 3.63) is 34.1 Å². The zero-order valence-electron chi connectivity index (χ0n) is 11.1. The van der Waals surface area contributed by atoms with Crippen molar-refractivity contribution in [2.24, 2.45) is 5.92 Å². The van der Waals surface area contributed by atoms with E-state index in [9.17, 15) is 17.6 Å². The summed E-state index contributed by atoms with van der Waals surface area (Å²) in [6, 6.07) is 2.36. The lowest BCUT2D eigenvalue weighted by Gasteiger charge is -2.21. The Morgan fingerprint density at radius 1 is 1.25 bits per heavy atom. The van der Waals surface area contributed by atoms with Crippen LogP contribution in [-0.2, 0) is 10.9 Å². The van der Waals surface area contributed by atoms with E-state index < -0.39 is 28.7 Å². The predicted molar refractivity (Wildman–Crippen MR) is 68.1 cm³/mol. The average molecular weight is 311 g/mol. The fourth-order valence-corrected chi connectivity index (χ4v) is 2.66. The maximum atomic E-state index is 13.8. The average Bonchev–Trinajstić information content (AvgIpc) is 2.80. The second-order valence-corrected chi connectivity index (χ2v) is 5.72.